The van der Waals surface area contributed by atoms with E-state index in [2.05, 4.69) is 9.73 Å². The van der Waals surface area contributed by atoms with Gasteiger partial charge < -0.3 is 4.74 Å². The quantitative estimate of drug-likeness (QED) is 0.419. The number of ether oxygens (including phenoxy) is 1. The smallest absolute Gasteiger partial charge is 0.176 e. The Kier molecular flexibility index (Phi) is 0.906. The first kappa shape index (κ1) is 3.40. The van der Waals surface area contributed by atoms with Crippen LogP contribution in [0.5, 0.6) is 0 Å². The molecule has 0 N–H and O–H groups in total. The van der Waals surface area contributed by atoms with Crippen molar-refractivity contribution < 1.29 is 4.74 Å². The van der Waals surface area contributed by atoms with Crippen molar-refractivity contribution in [2.24, 2.45) is 4.99 Å². The van der Waals surface area contributed by atoms with Crippen molar-refractivity contribution in [1.29, 1.82) is 0 Å². The molecule has 1 heterocycles. The van der Waals surface area contributed by atoms with Gasteiger partial charge in [0.05, 0.1) is 12.8 Å². The van der Waals surface area contributed by atoms with Crippen LogP contribution in [0, 0.1) is 0 Å². The van der Waals surface area contributed by atoms with Crippen molar-refractivity contribution in [1.82, 2.24) is 0 Å². The molecule has 0 atom stereocenters. The van der Waals surface area contributed by atoms with Gasteiger partial charge in [-0.25, -0.2) is 0 Å². The molecule has 0 bridgehead atoms. The molecule has 1 aliphatic rings. The maximum absolute atomic E-state index is 4.60. The van der Waals surface area contributed by atoms with Crippen LogP contribution in [0.4, 0.5) is 0 Å². The Morgan fingerprint density at radius 3 is 2.83 bits per heavy atom. The zero-order chi connectivity index (χ0) is 4.24. The summed E-state index contributed by atoms with van der Waals surface area (Å²) < 4.78 is 4.60. The standard InChI is InChI=1S/C4H5NO/c1-2-5-4-6-3-1/h1,3-4H,2H2. The van der Waals surface area contributed by atoms with Gasteiger partial charge in [0.2, 0.25) is 0 Å². The van der Waals surface area contributed by atoms with Gasteiger partial charge in [-0.05, 0) is 6.08 Å². The zero-order valence-corrected chi connectivity index (χ0v) is 3.29. The third kappa shape index (κ3) is 0.578. The van der Waals surface area contributed by atoms with Crippen LogP contribution in [0.3, 0.4) is 0 Å². The summed E-state index contributed by atoms with van der Waals surface area (Å²) in [6, 6.07) is 0. The molecule has 0 saturated heterocycles. The second kappa shape index (κ2) is 1.60. The Labute approximate surface area is 36.1 Å². The Morgan fingerprint density at radius 1 is 1.67 bits per heavy atom. The summed E-state index contributed by atoms with van der Waals surface area (Å²) in [4.78, 5) is 3.74. The average molecular weight is 83.1 g/mol. The average Bonchev–Trinajstić information content (AvgIpc) is 1.72. The third-order valence-electron chi connectivity index (χ3n) is 0.521. The van der Waals surface area contributed by atoms with Crippen LogP contribution in [0.25, 0.3) is 0 Å². The normalized spacial score (nSPS) is 17.3. The van der Waals surface area contributed by atoms with Crippen molar-refractivity contribution in [2.45, 2.75) is 0 Å². The van der Waals surface area contributed by atoms with Gasteiger partial charge in [0.15, 0.2) is 6.40 Å². The highest BCUT2D eigenvalue weighted by molar-refractivity contribution is 5.48. The highest BCUT2D eigenvalue weighted by Crippen LogP contribution is 1.81. The number of rotatable bonds is 0. The highest BCUT2D eigenvalue weighted by atomic mass is 16.5. The van der Waals surface area contributed by atoms with E-state index in [0.29, 0.717) is 0 Å². The maximum Gasteiger partial charge on any atom is 0.176 e. The molecule has 0 radical (unpaired) electrons. The molecule has 0 fully saturated rings. The van der Waals surface area contributed by atoms with Crippen LogP contribution in [0.15, 0.2) is 17.3 Å². The van der Waals surface area contributed by atoms with Crippen LogP contribution < -0.4 is 0 Å². The molecule has 0 aromatic rings. The molecule has 0 aromatic carbocycles. The number of aliphatic imine (C=N–C) groups is 1. The summed E-state index contributed by atoms with van der Waals surface area (Å²) >= 11 is 0. The maximum atomic E-state index is 4.60. The molecule has 2 nitrogen and oxygen atoms in total. The fourth-order valence-corrected chi connectivity index (χ4v) is 0.281. The van der Waals surface area contributed by atoms with Gasteiger partial charge in [-0.1, -0.05) is 0 Å². The topological polar surface area (TPSA) is 21.6 Å². The van der Waals surface area contributed by atoms with Gasteiger partial charge in [0.25, 0.3) is 0 Å². The van der Waals surface area contributed by atoms with E-state index in [1.807, 2.05) is 6.08 Å². The molecular weight excluding hydrogens is 78.0 g/mol. The lowest BCUT2D eigenvalue weighted by Crippen LogP contribution is -1.84. The number of hydrogen-bond acceptors (Lipinski definition) is 2. The zero-order valence-electron chi connectivity index (χ0n) is 3.29. The van der Waals surface area contributed by atoms with E-state index in [1.165, 1.54) is 6.40 Å². The van der Waals surface area contributed by atoms with Crippen LogP contribution in [-0.2, 0) is 4.74 Å². The van der Waals surface area contributed by atoms with Gasteiger partial charge in [-0.15, -0.1) is 0 Å². The molecule has 0 aliphatic carbocycles. The lowest BCUT2D eigenvalue weighted by molar-refractivity contribution is 0.482. The Bertz CT molecular complexity index is 65.5. The van der Waals surface area contributed by atoms with Crippen LogP contribution in [-0.4, -0.2) is 12.9 Å². The fraction of sp³-hybridized carbons (Fsp3) is 0.250. The first-order valence-electron chi connectivity index (χ1n) is 1.79. The lowest BCUT2D eigenvalue weighted by Gasteiger charge is -1.91. The second-order valence-corrected chi connectivity index (χ2v) is 0.978. The van der Waals surface area contributed by atoms with Gasteiger partial charge in [-0.2, -0.15) is 0 Å². The minimum atomic E-state index is 0.764. The Morgan fingerprint density at radius 2 is 2.67 bits per heavy atom. The molecule has 0 amide bonds. The molecule has 0 saturated carbocycles. The highest BCUT2D eigenvalue weighted by Gasteiger charge is 1.76. The molecule has 0 aromatic heterocycles. The van der Waals surface area contributed by atoms with Crippen molar-refractivity contribution in [3.63, 3.8) is 0 Å². The monoisotopic (exact) mass is 83.0 g/mol. The van der Waals surface area contributed by atoms with E-state index in [1.54, 1.807) is 6.26 Å². The minimum absolute atomic E-state index is 0.764. The van der Waals surface area contributed by atoms with Gasteiger partial charge >= 0.3 is 0 Å². The van der Waals surface area contributed by atoms with Crippen molar-refractivity contribution in [3.05, 3.63) is 12.3 Å². The van der Waals surface area contributed by atoms with Crippen LogP contribution in [0.2, 0.25) is 0 Å². The van der Waals surface area contributed by atoms with E-state index in [9.17, 15) is 0 Å². The molecule has 2 heteroatoms. The molecule has 0 unspecified atom stereocenters. The molecule has 1 rings (SSSR count). The van der Waals surface area contributed by atoms with E-state index in [0.717, 1.165) is 6.54 Å². The number of nitrogens with zero attached hydrogens (tertiary/aromatic N) is 1. The summed E-state index contributed by atoms with van der Waals surface area (Å²) in [5.74, 6) is 0. The van der Waals surface area contributed by atoms with Gasteiger partial charge in [0, 0.05) is 0 Å². The minimum Gasteiger partial charge on any atom is -0.454 e. The molecule has 1 aliphatic heterocycles. The summed E-state index contributed by atoms with van der Waals surface area (Å²) in [6.07, 6.45) is 4.90. The molecule has 6 heavy (non-hydrogen) atoms. The first-order valence-corrected chi connectivity index (χ1v) is 1.79. The molecule has 32 valence electrons. The fourth-order valence-electron chi connectivity index (χ4n) is 0.281. The third-order valence-corrected chi connectivity index (χ3v) is 0.521. The van der Waals surface area contributed by atoms with Crippen LogP contribution >= 0.6 is 0 Å². The van der Waals surface area contributed by atoms with E-state index < -0.39 is 0 Å². The predicted octanol–water partition coefficient (Wildman–Crippen LogP) is 0.559. The van der Waals surface area contributed by atoms with Crippen molar-refractivity contribution in [2.75, 3.05) is 6.54 Å². The van der Waals surface area contributed by atoms with Crippen molar-refractivity contribution >= 4 is 6.40 Å². The SMILES string of the molecule is C1=COC=NC1. The van der Waals surface area contributed by atoms with Crippen LogP contribution in [0.1, 0.15) is 0 Å². The van der Waals surface area contributed by atoms with E-state index in [-0.39, 0.29) is 0 Å². The van der Waals surface area contributed by atoms with Crippen molar-refractivity contribution in [3.8, 4) is 0 Å². The first-order chi connectivity index (χ1) is 3.00. The summed E-state index contributed by atoms with van der Waals surface area (Å²) in [7, 11) is 0. The summed E-state index contributed by atoms with van der Waals surface area (Å²) in [6.45, 7) is 0.764. The van der Waals surface area contributed by atoms with E-state index in [4.69, 9.17) is 0 Å². The Hall–Kier alpha value is -0.790. The second-order valence-electron chi connectivity index (χ2n) is 0.978. The van der Waals surface area contributed by atoms with Gasteiger partial charge in [-0.3, -0.25) is 4.99 Å². The summed E-state index contributed by atoms with van der Waals surface area (Å²) in [5.41, 5.74) is 0. The Balaban J connectivity index is 2.40. The molecular formula is C4H5NO. The largest absolute Gasteiger partial charge is 0.454 e. The lowest BCUT2D eigenvalue weighted by atomic mass is 10.6. The van der Waals surface area contributed by atoms with Gasteiger partial charge in [0.1, 0.15) is 0 Å². The summed E-state index contributed by atoms with van der Waals surface area (Å²) in [5, 5.41) is 0. The molecule has 0 spiro atoms. The number of hydrogen-bond donors (Lipinski definition) is 0. The predicted molar refractivity (Wildman–Crippen MR) is 23.6 cm³/mol. The van der Waals surface area contributed by atoms with E-state index >= 15 is 0 Å².